The van der Waals surface area contributed by atoms with Gasteiger partial charge in [0.15, 0.2) is 0 Å². The fourth-order valence-corrected chi connectivity index (χ4v) is 4.68. The van der Waals surface area contributed by atoms with Crippen LogP contribution in [0.2, 0.25) is 0 Å². The van der Waals surface area contributed by atoms with E-state index in [4.69, 9.17) is 9.47 Å². The smallest absolute Gasteiger partial charge is 0.256 e. The molecule has 8 nitrogen and oxygen atoms in total. The van der Waals surface area contributed by atoms with Crippen molar-refractivity contribution in [2.75, 3.05) is 26.8 Å². The Labute approximate surface area is 204 Å². The van der Waals surface area contributed by atoms with Gasteiger partial charge in [0, 0.05) is 43.1 Å². The number of carbonyl (C=O) groups is 3. The third kappa shape index (κ3) is 5.00. The van der Waals surface area contributed by atoms with Crippen molar-refractivity contribution in [2.45, 2.75) is 44.5 Å². The van der Waals surface area contributed by atoms with Gasteiger partial charge in [-0.25, -0.2) is 4.39 Å². The number of methoxy groups -OCH3 is 1. The van der Waals surface area contributed by atoms with Gasteiger partial charge in [0.05, 0.1) is 13.7 Å². The highest BCUT2D eigenvalue weighted by atomic mass is 19.1. The number of benzene rings is 2. The molecule has 2 aromatic rings. The molecule has 2 aromatic carbocycles. The van der Waals surface area contributed by atoms with Crippen molar-refractivity contribution >= 4 is 17.7 Å². The Morgan fingerprint density at radius 1 is 1.06 bits per heavy atom. The van der Waals surface area contributed by atoms with E-state index in [1.54, 1.807) is 36.3 Å². The lowest BCUT2D eigenvalue weighted by molar-refractivity contribution is -0.128. The summed E-state index contributed by atoms with van der Waals surface area (Å²) in [6.45, 7) is 4.44. The molecule has 1 N–H and O–H groups in total. The van der Waals surface area contributed by atoms with Gasteiger partial charge in [0.25, 0.3) is 11.8 Å². The highest BCUT2D eigenvalue weighted by molar-refractivity contribution is 5.98. The second-order valence-corrected chi connectivity index (χ2v) is 9.14. The Morgan fingerprint density at radius 2 is 1.74 bits per heavy atom. The number of nitrogens with one attached hydrogen (secondary N) is 1. The van der Waals surface area contributed by atoms with Crippen molar-refractivity contribution in [3.8, 4) is 5.75 Å². The molecule has 0 radical (unpaired) electrons. The first-order chi connectivity index (χ1) is 16.7. The maximum absolute atomic E-state index is 13.6. The normalized spacial score (nSPS) is 19.2. The zero-order chi connectivity index (χ0) is 25.2. The summed E-state index contributed by atoms with van der Waals surface area (Å²) in [4.78, 5) is 42.9. The topological polar surface area (TPSA) is 88.2 Å². The first kappa shape index (κ1) is 24.7. The molecule has 0 saturated carbocycles. The Kier molecular flexibility index (Phi) is 7.07. The summed E-state index contributed by atoms with van der Waals surface area (Å²) in [5, 5.41) is 2.86. The SMILES string of the molecule is COc1cccc(C(=O)N2CCC3(CC2)OC[C@@H](C(=O)NC(C)C)N3C(=O)c2ccc(F)cc2)c1. The van der Waals surface area contributed by atoms with E-state index >= 15 is 0 Å². The number of hydrogen-bond donors (Lipinski definition) is 1. The van der Waals surface area contributed by atoms with E-state index in [9.17, 15) is 18.8 Å². The molecule has 2 heterocycles. The summed E-state index contributed by atoms with van der Waals surface area (Å²) in [6.07, 6.45) is 0.697. The Morgan fingerprint density at radius 3 is 2.37 bits per heavy atom. The van der Waals surface area contributed by atoms with Gasteiger partial charge in [-0.1, -0.05) is 6.07 Å². The first-order valence-electron chi connectivity index (χ1n) is 11.7. The van der Waals surface area contributed by atoms with Crippen LogP contribution in [0.1, 0.15) is 47.4 Å². The lowest BCUT2D eigenvalue weighted by atomic mass is 9.96. The fourth-order valence-electron chi connectivity index (χ4n) is 4.68. The van der Waals surface area contributed by atoms with E-state index in [1.807, 2.05) is 13.8 Å². The highest BCUT2D eigenvalue weighted by Gasteiger charge is 2.54. The second-order valence-electron chi connectivity index (χ2n) is 9.14. The maximum atomic E-state index is 13.6. The Hall–Kier alpha value is -3.46. The molecular weight excluding hydrogens is 453 g/mol. The molecule has 186 valence electrons. The standard InChI is InChI=1S/C26H30FN3O5/c1-17(2)28-23(31)22-16-35-26(30(22)25(33)18-7-9-20(27)10-8-18)11-13-29(14-12-26)24(32)19-5-4-6-21(15-19)34-3/h4-10,15,17,22H,11-14,16H2,1-3H3,(H,28,31)/t22-/m0/s1. The van der Waals surface area contributed by atoms with E-state index < -0.39 is 23.5 Å². The van der Waals surface area contributed by atoms with Gasteiger partial charge in [-0.3, -0.25) is 19.3 Å². The quantitative estimate of drug-likeness (QED) is 0.707. The largest absolute Gasteiger partial charge is 0.497 e. The minimum atomic E-state index is -1.03. The van der Waals surface area contributed by atoms with Gasteiger partial charge in [-0.2, -0.15) is 0 Å². The predicted molar refractivity (Wildman–Crippen MR) is 126 cm³/mol. The van der Waals surface area contributed by atoms with Gasteiger partial charge >= 0.3 is 0 Å². The number of amides is 3. The van der Waals surface area contributed by atoms with Crippen LogP contribution in [0.3, 0.4) is 0 Å². The number of rotatable bonds is 5. The molecule has 4 rings (SSSR count). The molecule has 0 unspecified atom stereocenters. The number of hydrogen-bond acceptors (Lipinski definition) is 5. The number of likely N-dealkylation sites (tertiary alicyclic amines) is 1. The monoisotopic (exact) mass is 483 g/mol. The lowest BCUT2D eigenvalue weighted by Crippen LogP contribution is -2.60. The van der Waals surface area contributed by atoms with Crippen LogP contribution in [0.5, 0.6) is 5.75 Å². The molecule has 9 heteroatoms. The van der Waals surface area contributed by atoms with Crippen LogP contribution in [0.25, 0.3) is 0 Å². The molecule has 1 spiro atoms. The van der Waals surface area contributed by atoms with E-state index in [-0.39, 0.29) is 30.0 Å². The maximum Gasteiger partial charge on any atom is 0.256 e. The highest BCUT2D eigenvalue weighted by Crippen LogP contribution is 2.39. The third-order valence-corrected chi connectivity index (χ3v) is 6.45. The lowest BCUT2D eigenvalue weighted by Gasteiger charge is -2.44. The molecule has 35 heavy (non-hydrogen) atoms. The van der Waals surface area contributed by atoms with E-state index in [1.165, 1.54) is 29.2 Å². The minimum absolute atomic E-state index is 0.0509. The van der Waals surface area contributed by atoms with Gasteiger partial charge in [0.2, 0.25) is 5.91 Å². The Balaban J connectivity index is 1.57. The van der Waals surface area contributed by atoms with Crippen LogP contribution < -0.4 is 10.1 Å². The van der Waals surface area contributed by atoms with Crippen molar-refractivity contribution in [1.29, 1.82) is 0 Å². The van der Waals surface area contributed by atoms with Crippen molar-refractivity contribution < 1.29 is 28.2 Å². The van der Waals surface area contributed by atoms with Crippen molar-refractivity contribution in [3.05, 3.63) is 65.5 Å². The zero-order valence-electron chi connectivity index (χ0n) is 20.1. The van der Waals surface area contributed by atoms with Crippen LogP contribution in [-0.4, -0.2) is 72.1 Å². The minimum Gasteiger partial charge on any atom is -0.497 e. The molecule has 0 aliphatic carbocycles. The molecular formula is C26H30FN3O5. The average Bonchev–Trinajstić information content (AvgIpc) is 3.22. The summed E-state index contributed by atoms with van der Waals surface area (Å²) >= 11 is 0. The van der Waals surface area contributed by atoms with Gasteiger partial charge in [0.1, 0.15) is 23.3 Å². The summed E-state index contributed by atoms with van der Waals surface area (Å²) in [5.41, 5.74) is -0.245. The number of halogens is 1. The van der Waals surface area contributed by atoms with E-state index in [2.05, 4.69) is 5.32 Å². The summed E-state index contributed by atoms with van der Waals surface area (Å²) in [6, 6.07) is 11.3. The van der Waals surface area contributed by atoms with Gasteiger partial charge in [-0.05, 0) is 56.3 Å². The van der Waals surface area contributed by atoms with Crippen molar-refractivity contribution in [1.82, 2.24) is 15.1 Å². The molecule has 2 fully saturated rings. The van der Waals surface area contributed by atoms with Crippen LogP contribution in [-0.2, 0) is 9.53 Å². The molecule has 2 saturated heterocycles. The number of piperidine rings is 1. The molecule has 2 aliphatic rings. The van der Waals surface area contributed by atoms with E-state index in [0.29, 0.717) is 37.2 Å². The van der Waals surface area contributed by atoms with Crippen LogP contribution in [0, 0.1) is 5.82 Å². The second kappa shape index (κ2) is 10.0. The fraction of sp³-hybridized carbons (Fsp3) is 0.423. The first-order valence-corrected chi connectivity index (χ1v) is 11.7. The van der Waals surface area contributed by atoms with Gasteiger partial charge < -0.3 is 19.7 Å². The summed E-state index contributed by atoms with van der Waals surface area (Å²) in [7, 11) is 1.55. The Bertz CT molecular complexity index is 1100. The third-order valence-electron chi connectivity index (χ3n) is 6.45. The molecule has 0 bridgehead atoms. The van der Waals surface area contributed by atoms with Gasteiger partial charge in [-0.15, -0.1) is 0 Å². The molecule has 0 aromatic heterocycles. The predicted octanol–water partition coefficient (Wildman–Crippen LogP) is 2.83. The molecule has 1 atom stereocenters. The van der Waals surface area contributed by atoms with Crippen LogP contribution in [0.4, 0.5) is 4.39 Å². The van der Waals surface area contributed by atoms with E-state index in [0.717, 1.165) is 0 Å². The molecule has 3 amide bonds. The van der Waals surface area contributed by atoms with Crippen molar-refractivity contribution in [2.24, 2.45) is 0 Å². The summed E-state index contributed by atoms with van der Waals surface area (Å²) < 4.78 is 24.9. The number of ether oxygens (including phenoxy) is 2. The van der Waals surface area contributed by atoms with Crippen molar-refractivity contribution in [3.63, 3.8) is 0 Å². The van der Waals surface area contributed by atoms with Crippen LogP contribution in [0.15, 0.2) is 48.5 Å². The zero-order valence-corrected chi connectivity index (χ0v) is 20.1. The average molecular weight is 484 g/mol. The van der Waals surface area contributed by atoms with Crippen LogP contribution >= 0.6 is 0 Å². The molecule has 2 aliphatic heterocycles. The summed E-state index contributed by atoms with van der Waals surface area (Å²) in [5.74, 6) is -0.700. The number of carbonyl (C=O) groups excluding carboxylic acids is 3. The number of nitrogens with zero attached hydrogens (tertiary/aromatic N) is 2.